The Labute approximate surface area is 126 Å². The second kappa shape index (κ2) is 6.35. The van der Waals surface area contributed by atoms with Crippen molar-refractivity contribution >= 4 is 33.3 Å². The van der Waals surface area contributed by atoms with Crippen LogP contribution in [0.3, 0.4) is 0 Å². The lowest BCUT2D eigenvalue weighted by atomic mass is 10.3. The van der Waals surface area contributed by atoms with E-state index in [9.17, 15) is 0 Å². The molecule has 19 heavy (non-hydrogen) atoms. The number of halogens is 2. The van der Waals surface area contributed by atoms with Crippen molar-refractivity contribution in [2.24, 2.45) is 0 Å². The minimum Gasteiger partial charge on any atom is -0.350 e. The Kier molecular flexibility index (Phi) is 4.77. The highest BCUT2D eigenvalue weighted by Gasteiger charge is 2.12. The van der Waals surface area contributed by atoms with Crippen molar-refractivity contribution in [3.05, 3.63) is 51.3 Å². The molecule has 0 aliphatic rings. The van der Waals surface area contributed by atoms with Crippen LogP contribution in [0, 0.1) is 6.92 Å². The topological polar surface area (TPSA) is 29.0 Å². The molecule has 0 saturated heterocycles. The smallest absolute Gasteiger partial charge is 0.147 e. The van der Waals surface area contributed by atoms with Gasteiger partial charge in [0.25, 0.3) is 0 Å². The van der Waals surface area contributed by atoms with Gasteiger partial charge in [0.15, 0.2) is 0 Å². The summed E-state index contributed by atoms with van der Waals surface area (Å²) in [5, 5.41) is 0.642. The zero-order chi connectivity index (χ0) is 13.8. The van der Waals surface area contributed by atoms with Crippen molar-refractivity contribution in [1.29, 1.82) is 0 Å². The van der Waals surface area contributed by atoms with Gasteiger partial charge in [0.2, 0.25) is 0 Å². The molecule has 0 aliphatic heterocycles. The molecule has 0 aromatic carbocycles. The molecule has 0 aliphatic carbocycles. The lowest BCUT2D eigenvalue weighted by molar-refractivity contribution is 0.790. The van der Waals surface area contributed by atoms with Gasteiger partial charge in [-0.05, 0) is 48.0 Å². The number of anilines is 1. The van der Waals surface area contributed by atoms with Crippen molar-refractivity contribution in [1.82, 2.24) is 9.97 Å². The van der Waals surface area contributed by atoms with Crippen molar-refractivity contribution in [3.8, 4) is 0 Å². The normalized spacial score (nSPS) is 10.5. The number of aromatic nitrogens is 2. The Morgan fingerprint density at radius 2 is 2.16 bits per heavy atom. The maximum Gasteiger partial charge on any atom is 0.147 e. The molecule has 0 saturated carbocycles. The zero-order valence-electron chi connectivity index (χ0n) is 10.9. The summed E-state index contributed by atoms with van der Waals surface area (Å²) < 4.78 is 0.881. The van der Waals surface area contributed by atoms with Crippen LogP contribution in [0.15, 0.2) is 34.9 Å². The van der Waals surface area contributed by atoms with E-state index in [1.165, 1.54) is 0 Å². The molecule has 2 aromatic rings. The lowest BCUT2D eigenvalue weighted by Crippen LogP contribution is -2.24. The van der Waals surface area contributed by atoms with Crippen LogP contribution in [-0.4, -0.2) is 16.5 Å². The number of nitrogens with zero attached hydrogens (tertiary/aromatic N) is 3. The fraction of sp³-hybridized carbons (Fsp3) is 0.286. The molecule has 100 valence electrons. The second-order valence-electron chi connectivity index (χ2n) is 4.24. The Morgan fingerprint density at radius 3 is 2.79 bits per heavy atom. The molecule has 3 nitrogen and oxygen atoms in total. The summed E-state index contributed by atoms with van der Waals surface area (Å²) in [7, 11) is 0. The molecule has 0 bridgehead atoms. The maximum absolute atomic E-state index is 6.25. The summed E-state index contributed by atoms with van der Waals surface area (Å²) in [6.07, 6.45) is 1.76. The van der Waals surface area contributed by atoms with Gasteiger partial charge < -0.3 is 4.90 Å². The van der Waals surface area contributed by atoms with Crippen LogP contribution in [0.1, 0.15) is 18.3 Å². The zero-order valence-corrected chi connectivity index (χ0v) is 13.2. The number of aryl methyl sites for hydroxylation is 1. The fourth-order valence-electron chi connectivity index (χ4n) is 1.86. The quantitative estimate of drug-likeness (QED) is 0.834. The first kappa shape index (κ1) is 14.3. The summed E-state index contributed by atoms with van der Waals surface area (Å²) in [6, 6.07) is 7.88. The molecule has 0 amide bonds. The number of hydrogen-bond donors (Lipinski definition) is 0. The van der Waals surface area contributed by atoms with Crippen molar-refractivity contribution in [2.45, 2.75) is 20.4 Å². The van der Waals surface area contributed by atoms with Gasteiger partial charge in [0.05, 0.1) is 17.3 Å². The average molecular weight is 341 g/mol. The van der Waals surface area contributed by atoms with Crippen molar-refractivity contribution in [3.63, 3.8) is 0 Å². The number of hydrogen-bond acceptors (Lipinski definition) is 3. The van der Waals surface area contributed by atoms with E-state index in [0.29, 0.717) is 11.6 Å². The van der Waals surface area contributed by atoms with Gasteiger partial charge in [-0.15, -0.1) is 0 Å². The van der Waals surface area contributed by atoms with Gasteiger partial charge in [-0.25, -0.2) is 4.98 Å². The Morgan fingerprint density at radius 1 is 1.37 bits per heavy atom. The fourth-order valence-corrected chi connectivity index (χ4v) is 2.61. The van der Waals surface area contributed by atoms with E-state index in [1.807, 2.05) is 31.2 Å². The standard InChI is InChI=1S/C14H15BrClN3/c1-3-19(9-12-6-4-5-10(2)18-12)14-13(16)7-11(15)8-17-14/h4-8H,3,9H2,1-2H3. The molecule has 0 atom stereocenters. The van der Waals surface area contributed by atoms with Crippen LogP contribution < -0.4 is 4.90 Å². The summed E-state index contributed by atoms with van der Waals surface area (Å²) in [6.45, 7) is 5.59. The van der Waals surface area contributed by atoms with E-state index in [4.69, 9.17) is 11.6 Å². The van der Waals surface area contributed by atoms with Crippen LogP contribution in [0.2, 0.25) is 5.02 Å². The van der Waals surface area contributed by atoms with E-state index in [-0.39, 0.29) is 0 Å². The molecule has 2 rings (SSSR count). The van der Waals surface area contributed by atoms with E-state index in [2.05, 4.69) is 37.7 Å². The van der Waals surface area contributed by atoms with Crippen LogP contribution in [-0.2, 0) is 6.54 Å². The van der Waals surface area contributed by atoms with Gasteiger partial charge in [-0.3, -0.25) is 4.98 Å². The third-order valence-electron chi connectivity index (χ3n) is 2.77. The summed E-state index contributed by atoms with van der Waals surface area (Å²) in [5.41, 5.74) is 2.03. The third kappa shape index (κ3) is 3.67. The first-order chi connectivity index (χ1) is 9.10. The first-order valence-electron chi connectivity index (χ1n) is 6.08. The first-order valence-corrected chi connectivity index (χ1v) is 7.25. The van der Waals surface area contributed by atoms with Gasteiger partial charge >= 0.3 is 0 Å². The lowest BCUT2D eigenvalue weighted by Gasteiger charge is -2.22. The highest BCUT2D eigenvalue weighted by Crippen LogP contribution is 2.27. The van der Waals surface area contributed by atoms with Crippen LogP contribution in [0.25, 0.3) is 0 Å². The highest BCUT2D eigenvalue weighted by molar-refractivity contribution is 9.10. The Hall–Kier alpha value is -1.13. The maximum atomic E-state index is 6.25. The molecular formula is C14H15BrClN3. The van der Waals surface area contributed by atoms with E-state index in [0.717, 1.165) is 28.2 Å². The van der Waals surface area contributed by atoms with Crippen molar-refractivity contribution < 1.29 is 0 Å². The minimum atomic E-state index is 0.642. The Balaban J connectivity index is 2.25. The molecule has 0 spiro atoms. The minimum absolute atomic E-state index is 0.642. The van der Waals surface area contributed by atoms with E-state index < -0.39 is 0 Å². The summed E-state index contributed by atoms with van der Waals surface area (Å²) in [5.74, 6) is 0.788. The SMILES string of the molecule is CCN(Cc1cccc(C)n1)c1ncc(Br)cc1Cl. The van der Waals surface area contributed by atoms with E-state index >= 15 is 0 Å². The molecule has 2 heterocycles. The highest BCUT2D eigenvalue weighted by atomic mass is 79.9. The van der Waals surface area contributed by atoms with Crippen LogP contribution in [0.5, 0.6) is 0 Å². The predicted molar refractivity (Wildman–Crippen MR) is 82.6 cm³/mol. The number of rotatable bonds is 4. The summed E-state index contributed by atoms with van der Waals surface area (Å²) >= 11 is 9.61. The molecule has 0 N–H and O–H groups in total. The molecular weight excluding hydrogens is 326 g/mol. The molecule has 2 aromatic heterocycles. The van der Waals surface area contributed by atoms with Gasteiger partial charge in [-0.2, -0.15) is 0 Å². The molecule has 0 unspecified atom stereocenters. The monoisotopic (exact) mass is 339 g/mol. The average Bonchev–Trinajstić information content (AvgIpc) is 2.37. The van der Waals surface area contributed by atoms with Crippen molar-refractivity contribution in [2.75, 3.05) is 11.4 Å². The molecule has 0 fully saturated rings. The largest absolute Gasteiger partial charge is 0.350 e. The predicted octanol–water partition coefficient (Wildman–Crippen LogP) is 4.23. The van der Waals surface area contributed by atoms with Crippen LogP contribution in [0.4, 0.5) is 5.82 Å². The summed E-state index contributed by atoms with van der Waals surface area (Å²) in [4.78, 5) is 11.0. The second-order valence-corrected chi connectivity index (χ2v) is 5.57. The molecule has 5 heteroatoms. The molecule has 0 radical (unpaired) electrons. The Bertz CT molecular complexity index is 574. The van der Waals surface area contributed by atoms with Gasteiger partial charge in [0.1, 0.15) is 5.82 Å². The van der Waals surface area contributed by atoms with Gasteiger partial charge in [-0.1, -0.05) is 17.7 Å². The van der Waals surface area contributed by atoms with E-state index in [1.54, 1.807) is 6.20 Å². The third-order valence-corrected chi connectivity index (χ3v) is 3.48. The van der Waals surface area contributed by atoms with Gasteiger partial charge in [0, 0.05) is 22.9 Å². The number of pyridine rings is 2. The van der Waals surface area contributed by atoms with Crippen LogP contribution >= 0.6 is 27.5 Å².